The maximum atomic E-state index is 13.4. The highest BCUT2D eigenvalue weighted by atomic mass is 16.2. The SMILES string of the molecule is CCCCC1CCC(C(=O)NCCCCCC(CCCCCNC(=O)C2CCC(CCCC)CC2)NC(=O)C2CCC(CCCC)CC2)CC1. The molecule has 0 heterocycles. The van der Waals surface area contributed by atoms with E-state index in [4.69, 9.17) is 0 Å². The molecule has 3 aliphatic rings. The van der Waals surface area contributed by atoms with Gasteiger partial charge in [-0.1, -0.05) is 104 Å². The first-order chi connectivity index (χ1) is 24.4. The average Bonchev–Trinajstić information content (AvgIpc) is 3.15. The molecule has 0 radical (unpaired) electrons. The van der Waals surface area contributed by atoms with Gasteiger partial charge in [0.1, 0.15) is 0 Å². The highest BCUT2D eigenvalue weighted by Crippen LogP contribution is 2.34. The molecule has 290 valence electrons. The Kier molecular flexibility index (Phi) is 22.5. The van der Waals surface area contributed by atoms with Crippen LogP contribution in [0.1, 0.15) is 207 Å². The summed E-state index contributed by atoms with van der Waals surface area (Å²) >= 11 is 0. The molecule has 0 spiro atoms. The first-order valence-corrected chi connectivity index (χ1v) is 22.3. The Labute approximate surface area is 309 Å². The Morgan fingerprint density at radius 2 is 0.780 bits per heavy atom. The summed E-state index contributed by atoms with van der Waals surface area (Å²) in [6.07, 6.45) is 33.9. The van der Waals surface area contributed by atoms with E-state index in [2.05, 4.69) is 36.7 Å². The first-order valence-electron chi connectivity index (χ1n) is 22.3. The molecule has 3 saturated carbocycles. The summed E-state index contributed by atoms with van der Waals surface area (Å²) in [5, 5.41) is 9.99. The van der Waals surface area contributed by atoms with Gasteiger partial charge in [0, 0.05) is 36.9 Å². The van der Waals surface area contributed by atoms with Crippen molar-refractivity contribution in [3.8, 4) is 0 Å². The average molecular weight is 700 g/mol. The molecule has 3 N–H and O–H groups in total. The van der Waals surface area contributed by atoms with E-state index in [-0.39, 0.29) is 41.5 Å². The van der Waals surface area contributed by atoms with E-state index in [1.165, 1.54) is 96.3 Å². The van der Waals surface area contributed by atoms with E-state index >= 15 is 0 Å². The van der Waals surface area contributed by atoms with E-state index in [9.17, 15) is 14.4 Å². The van der Waals surface area contributed by atoms with Gasteiger partial charge in [-0.2, -0.15) is 0 Å². The molecule has 0 bridgehead atoms. The zero-order valence-electron chi connectivity index (χ0n) is 33.2. The molecule has 0 aromatic heterocycles. The quantitative estimate of drug-likeness (QED) is 0.0829. The molecule has 0 unspecified atom stereocenters. The van der Waals surface area contributed by atoms with Crippen LogP contribution in [-0.4, -0.2) is 36.9 Å². The van der Waals surface area contributed by atoms with Crippen LogP contribution in [0, 0.1) is 35.5 Å². The molecule has 0 atom stereocenters. The van der Waals surface area contributed by atoms with Crippen LogP contribution in [0.15, 0.2) is 0 Å². The van der Waals surface area contributed by atoms with Crippen LogP contribution in [0.5, 0.6) is 0 Å². The Morgan fingerprint density at radius 3 is 1.12 bits per heavy atom. The van der Waals surface area contributed by atoms with Crippen molar-refractivity contribution in [1.82, 2.24) is 16.0 Å². The molecule has 50 heavy (non-hydrogen) atoms. The monoisotopic (exact) mass is 700 g/mol. The molecular weight excluding hydrogens is 619 g/mol. The summed E-state index contributed by atoms with van der Waals surface area (Å²) in [5.74, 6) is 3.96. The lowest BCUT2D eigenvalue weighted by atomic mass is 9.79. The van der Waals surface area contributed by atoms with Gasteiger partial charge < -0.3 is 16.0 Å². The molecule has 3 fully saturated rings. The number of hydrogen-bond donors (Lipinski definition) is 3. The smallest absolute Gasteiger partial charge is 0.223 e. The number of rotatable bonds is 25. The molecule has 0 aromatic carbocycles. The molecule has 3 aliphatic carbocycles. The van der Waals surface area contributed by atoms with Crippen LogP contribution in [0.25, 0.3) is 0 Å². The number of amides is 3. The van der Waals surface area contributed by atoms with Gasteiger partial charge in [0.2, 0.25) is 17.7 Å². The van der Waals surface area contributed by atoms with Crippen molar-refractivity contribution in [1.29, 1.82) is 0 Å². The lowest BCUT2D eigenvalue weighted by Gasteiger charge is -2.29. The van der Waals surface area contributed by atoms with Crippen molar-refractivity contribution < 1.29 is 14.4 Å². The molecule has 0 saturated heterocycles. The zero-order chi connectivity index (χ0) is 35.8. The zero-order valence-corrected chi connectivity index (χ0v) is 33.2. The van der Waals surface area contributed by atoms with E-state index in [0.717, 1.165) is 121 Å². The standard InChI is InChI=1S/C44H81N3O3/c1-4-7-16-35-21-27-38(28-22-35)42(48)45-33-14-10-12-19-41(47-44(50)40-31-25-37(26-32-40)18-9-6-3)20-13-11-15-34-46-43(49)39-29-23-36(24-30-39)17-8-5-2/h35-41H,4-34H2,1-3H3,(H,45,48)(H,46,49)(H,47,50). The summed E-state index contributed by atoms with van der Waals surface area (Å²) in [6, 6.07) is 0.232. The van der Waals surface area contributed by atoms with Crippen LogP contribution >= 0.6 is 0 Å². The second-order valence-corrected chi connectivity index (χ2v) is 17.1. The van der Waals surface area contributed by atoms with Gasteiger partial charge >= 0.3 is 0 Å². The van der Waals surface area contributed by atoms with Gasteiger partial charge in [-0.25, -0.2) is 0 Å². The van der Waals surface area contributed by atoms with Crippen LogP contribution in [0.2, 0.25) is 0 Å². The summed E-state index contributed by atoms with van der Waals surface area (Å²) in [6.45, 7) is 8.35. The topological polar surface area (TPSA) is 87.3 Å². The van der Waals surface area contributed by atoms with Gasteiger partial charge in [-0.05, 0) is 120 Å². The number of hydrogen-bond acceptors (Lipinski definition) is 3. The molecule has 6 heteroatoms. The Hall–Kier alpha value is -1.59. The van der Waals surface area contributed by atoms with Crippen LogP contribution in [-0.2, 0) is 14.4 Å². The van der Waals surface area contributed by atoms with Gasteiger partial charge in [0.05, 0.1) is 0 Å². The minimum Gasteiger partial charge on any atom is -0.356 e. The van der Waals surface area contributed by atoms with Gasteiger partial charge in [0.15, 0.2) is 0 Å². The fourth-order valence-corrected chi connectivity index (χ4v) is 9.32. The Bertz CT molecular complexity index is 848. The predicted octanol–water partition coefficient (Wildman–Crippen LogP) is 10.8. The van der Waals surface area contributed by atoms with Crippen LogP contribution in [0.3, 0.4) is 0 Å². The molecule has 0 aromatic rings. The highest BCUT2D eigenvalue weighted by Gasteiger charge is 2.28. The number of carbonyl (C=O) groups excluding carboxylic acids is 3. The first kappa shape index (κ1) is 42.8. The number of nitrogens with one attached hydrogen (secondary N) is 3. The third-order valence-electron chi connectivity index (χ3n) is 13.0. The van der Waals surface area contributed by atoms with Crippen molar-refractivity contribution in [3.05, 3.63) is 0 Å². The van der Waals surface area contributed by atoms with Gasteiger partial charge in [0.25, 0.3) is 0 Å². The molecule has 0 aliphatic heterocycles. The van der Waals surface area contributed by atoms with Crippen LogP contribution in [0.4, 0.5) is 0 Å². The maximum absolute atomic E-state index is 13.4. The Morgan fingerprint density at radius 1 is 0.440 bits per heavy atom. The van der Waals surface area contributed by atoms with Crippen molar-refractivity contribution in [2.24, 2.45) is 35.5 Å². The van der Waals surface area contributed by atoms with Crippen molar-refractivity contribution in [2.75, 3.05) is 13.1 Å². The van der Waals surface area contributed by atoms with E-state index in [1.54, 1.807) is 0 Å². The summed E-state index contributed by atoms with van der Waals surface area (Å²) in [7, 11) is 0. The van der Waals surface area contributed by atoms with E-state index in [1.807, 2.05) is 0 Å². The third kappa shape index (κ3) is 17.3. The van der Waals surface area contributed by atoms with Crippen molar-refractivity contribution >= 4 is 17.7 Å². The lowest BCUT2D eigenvalue weighted by molar-refractivity contribution is -0.127. The fourth-order valence-electron chi connectivity index (χ4n) is 9.32. The Balaban J connectivity index is 1.32. The molecule has 6 nitrogen and oxygen atoms in total. The molecular formula is C44H81N3O3. The summed E-state index contributed by atoms with van der Waals surface area (Å²) in [4.78, 5) is 38.9. The maximum Gasteiger partial charge on any atom is 0.223 e. The second-order valence-electron chi connectivity index (χ2n) is 17.1. The number of unbranched alkanes of at least 4 members (excludes halogenated alkanes) is 7. The van der Waals surface area contributed by atoms with Crippen molar-refractivity contribution in [2.45, 2.75) is 213 Å². The minimum atomic E-state index is 0.184. The highest BCUT2D eigenvalue weighted by molar-refractivity contribution is 5.79. The minimum absolute atomic E-state index is 0.184. The number of carbonyl (C=O) groups is 3. The summed E-state index contributed by atoms with van der Waals surface area (Å²) < 4.78 is 0. The van der Waals surface area contributed by atoms with Crippen LogP contribution < -0.4 is 16.0 Å². The summed E-state index contributed by atoms with van der Waals surface area (Å²) in [5.41, 5.74) is 0. The van der Waals surface area contributed by atoms with E-state index < -0.39 is 0 Å². The second kappa shape index (κ2) is 26.2. The van der Waals surface area contributed by atoms with Gasteiger partial charge in [-0.15, -0.1) is 0 Å². The fraction of sp³-hybridized carbons (Fsp3) is 0.932. The van der Waals surface area contributed by atoms with E-state index in [0.29, 0.717) is 0 Å². The predicted molar refractivity (Wildman–Crippen MR) is 210 cm³/mol. The lowest BCUT2D eigenvalue weighted by Crippen LogP contribution is -2.40. The third-order valence-corrected chi connectivity index (χ3v) is 13.0. The molecule has 3 amide bonds. The van der Waals surface area contributed by atoms with Crippen molar-refractivity contribution in [3.63, 3.8) is 0 Å². The molecule has 3 rings (SSSR count). The normalized spacial score (nSPS) is 26.2. The van der Waals surface area contributed by atoms with Gasteiger partial charge in [-0.3, -0.25) is 14.4 Å². The largest absolute Gasteiger partial charge is 0.356 e.